The van der Waals surface area contributed by atoms with Gasteiger partial charge < -0.3 is 5.32 Å². The second-order valence-electron chi connectivity index (χ2n) is 6.51. The fourth-order valence-corrected chi connectivity index (χ4v) is 2.96. The summed E-state index contributed by atoms with van der Waals surface area (Å²) >= 11 is 6.10. The van der Waals surface area contributed by atoms with Crippen LogP contribution in [0.25, 0.3) is 0 Å². The molecule has 0 bridgehead atoms. The van der Waals surface area contributed by atoms with E-state index in [0.29, 0.717) is 6.04 Å². The monoisotopic (exact) mass is 301 g/mol. The molecule has 0 aliphatic heterocycles. The molecular formula is C19H24ClN. The SMILES string of the molecule is CNC(Cc1cccc(Cl)c1)c1ccccc1C(C)(C)C. The Bertz CT molecular complexity index is 599. The molecule has 2 aromatic rings. The van der Waals surface area contributed by atoms with E-state index >= 15 is 0 Å². The smallest absolute Gasteiger partial charge is 0.0408 e. The lowest BCUT2D eigenvalue weighted by Crippen LogP contribution is -2.24. The Hall–Kier alpha value is -1.31. The lowest BCUT2D eigenvalue weighted by molar-refractivity contribution is 0.539. The van der Waals surface area contributed by atoms with Gasteiger partial charge in [-0.05, 0) is 47.7 Å². The Kier molecular flexibility index (Phi) is 5.08. The largest absolute Gasteiger partial charge is 0.313 e. The van der Waals surface area contributed by atoms with Gasteiger partial charge in [-0.3, -0.25) is 0 Å². The van der Waals surface area contributed by atoms with Crippen molar-refractivity contribution in [2.24, 2.45) is 0 Å². The molecular weight excluding hydrogens is 278 g/mol. The normalized spacial score (nSPS) is 13.2. The average molecular weight is 302 g/mol. The van der Waals surface area contributed by atoms with Gasteiger partial charge in [-0.25, -0.2) is 0 Å². The van der Waals surface area contributed by atoms with Crippen LogP contribution in [0, 0.1) is 0 Å². The first-order valence-electron chi connectivity index (χ1n) is 7.43. The zero-order chi connectivity index (χ0) is 15.5. The van der Waals surface area contributed by atoms with Crippen LogP contribution in [-0.2, 0) is 11.8 Å². The van der Waals surface area contributed by atoms with Gasteiger partial charge in [0.25, 0.3) is 0 Å². The van der Waals surface area contributed by atoms with Crippen LogP contribution in [-0.4, -0.2) is 7.05 Å². The van der Waals surface area contributed by atoms with Crippen molar-refractivity contribution >= 4 is 11.6 Å². The molecule has 0 radical (unpaired) electrons. The maximum atomic E-state index is 6.10. The van der Waals surface area contributed by atoms with Gasteiger partial charge in [0.05, 0.1) is 0 Å². The molecule has 1 nitrogen and oxygen atoms in total. The van der Waals surface area contributed by atoms with Gasteiger partial charge in [-0.1, -0.05) is 68.8 Å². The molecule has 21 heavy (non-hydrogen) atoms. The summed E-state index contributed by atoms with van der Waals surface area (Å²) in [7, 11) is 2.02. The van der Waals surface area contributed by atoms with E-state index in [-0.39, 0.29) is 5.41 Å². The highest BCUT2D eigenvalue weighted by atomic mass is 35.5. The van der Waals surface area contributed by atoms with Crippen molar-refractivity contribution in [1.82, 2.24) is 5.32 Å². The van der Waals surface area contributed by atoms with E-state index in [2.05, 4.69) is 56.4 Å². The molecule has 0 fully saturated rings. The third-order valence-electron chi connectivity index (χ3n) is 3.82. The first-order chi connectivity index (χ1) is 9.91. The summed E-state index contributed by atoms with van der Waals surface area (Å²) in [6.45, 7) is 6.79. The van der Waals surface area contributed by atoms with Gasteiger partial charge in [0.1, 0.15) is 0 Å². The van der Waals surface area contributed by atoms with Crippen LogP contribution in [0.5, 0.6) is 0 Å². The van der Waals surface area contributed by atoms with Gasteiger partial charge in [0.2, 0.25) is 0 Å². The average Bonchev–Trinajstić information content (AvgIpc) is 2.44. The Balaban J connectivity index is 2.34. The molecule has 0 heterocycles. The summed E-state index contributed by atoms with van der Waals surface area (Å²) in [4.78, 5) is 0. The Morgan fingerprint density at radius 1 is 1.05 bits per heavy atom. The molecule has 0 saturated heterocycles. The quantitative estimate of drug-likeness (QED) is 0.824. The number of nitrogens with one attached hydrogen (secondary N) is 1. The van der Waals surface area contributed by atoms with Crippen LogP contribution in [0.2, 0.25) is 5.02 Å². The van der Waals surface area contributed by atoms with Crippen LogP contribution >= 0.6 is 11.6 Å². The molecule has 0 aromatic heterocycles. The molecule has 2 aromatic carbocycles. The second-order valence-corrected chi connectivity index (χ2v) is 6.95. The minimum atomic E-state index is 0.139. The Morgan fingerprint density at radius 2 is 1.76 bits per heavy atom. The van der Waals surface area contributed by atoms with Crippen LogP contribution in [0.4, 0.5) is 0 Å². The predicted molar refractivity (Wildman–Crippen MR) is 92.1 cm³/mol. The number of halogens is 1. The summed E-state index contributed by atoms with van der Waals surface area (Å²) < 4.78 is 0. The van der Waals surface area contributed by atoms with E-state index < -0.39 is 0 Å². The van der Waals surface area contributed by atoms with Crippen molar-refractivity contribution in [3.63, 3.8) is 0 Å². The van der Waals surface area contributed by atoms with Gasteiger partial charge in [-0.2, -0.15) is 0 Å². The van der Waals surface area contributed by atoms with E-state index in [1.54, 1.807) is 0 Å². The topological polar surface area (TPSA) is 12.0 Å². The fourth-order valence-electron chi connectivity index (χ4n) is 2.75. The van der Waals surface area contributed by atoms with E-state index in [1.807, 2.05) is 25.2 Å². The first kappa shape index (κ1) is 16.1. The minimum absolute atomic E-state index is 0.139. The van der Waals surface area contributed by atoms with Crippen molar-refractivity contribution in [1.29, 1.82) is 0 Å². The number of hydrogen-bond donors (Lipinski definition) is 1. The molecule has 1 atom stereocenters. The van der Waals surface area contributed by atoms with E-state index in [9.17, 15) is 0 Å². The molecule has 0 saturated carbocycles. The van der Waals surface area contributed by atoms with Crippen molar-refractivity contribution < 1.29 is 0 Å². The maximum Gasteiger partial charge on any atom is 0.0408 e. The van der Waals surface area contributed by atoms with Gasteiger partial charge in [0.15, 0.2) is 0 Å². The van der Waals surface area contributed by atoms with E-state index in [4.69, 9.17) is 11.6 Å². The van der Waals surface area contributed by atoms with Crippen LogP contribution in [0.15, 0.2) is 48.5 Å². The molecule has 0 amide bonds. The predicted octanol–water partition coefficient (Wildman–Crippen LogP) is 5.14. The Morgan fingerprint density at radius 3 is 2.38 bits per heavy atom. The number of benzene rings is 2. The first-order valence-corrected chi connectivity index (χ1v) is 7.80. The highest BCUT2D eigenvalue weighted by Crippen LogP contribution is 2.31. The summed E-state index contributed by atoms with van der Waals surface area (Å²) in [5, 5.41) is 4.25. The molecule has 0 aliphatic rings. The van der Waals surface area contributed by atoms with Crippen LogP contribution in [0.3, 0.4) is 0 Å². The van der Waals surface area contributed by atoms with E-state index in [1.165, 1.54) is 16.7 Å². The summed E-state index contributed by atoms with van der Waals surface area (Å²) in [6.07, 6.45) is 0.935. The maximum absolute atomic E-state index is 6.10. The lowest BCUT2D eigenvalue weighted by atomic mass is 9.81. The molecule has 112 valence electrons. The number of hydrogen-bond acceptors (Lipinski definition) is 1. The molecule has 2 heteroatoms. The van der Waals surface area contributed by atoms with Gasteiger partial charge >= 0.3 is 0 Å². The summed E-state index contributed by atoms with van der Waals surface area (Å²) in [5.74, 6) is 0. The zero-order valence-electron chi connectivity index (χ0n) is 13.3. The fraction of sp³-hybridized carbons (Fsp3) is 0.368. The molecule has 2 rings (SSSR count). The van der Waals surface area contributed by atoms with Crippen molar-refractivity contribution in [3.8, 4) is 0 Å². The summed E-state index contributed by atoms with van der Waals surface area (Å²) in [5.41, 5.74) is 4.16. The minimum Gasteiger partial charge on any atom is -0.313 e. The Labute approximate surface area is 133 Å². The van der Waals surface area contributed by atoms with Gasteiger partial charge in [-0.15, -0.1) is 0 Å². The molecule has 1 unspecified atom stereocenters. The molecule has 0 aliphatic carbocycles. The third kappa shape index (κ3) is 4.09. The van der Waals surface area contributed by atoms with Crippen LogP contribution in [0.1, 0.15) is 43.5 Å². The van der Waals surface area contributed by atoms with Crippen molar-refractivity contribution in [3.05, 3.63) is 70.2 Å². The highest BCUT2D eigenvalue weighted by molar-refractivity contribution is 6.30. The number of rotatable bonds is 4. The number of likely N-dealkylation sites (N-methyl/N-ethyl adjacent to an activating group) is 1. The molecule has 0 spiro atoms. The van der Waals surface area contributed by atoms with Crippen LogP contribution < -0.4 is 5.32 Å². The summed E-state index contributed by atoms with van der Waals surface area (Å²) in [6, 6.07) is 17.1. The molecule has 1 N–H and O–H groups in total. The zero-order valence-corrected chi connectivity index (χ0v) is 14.0. The van der Waals surface area contributed by atoms with E-state index in [0.717, 1.165) is 11.4 Å². The van der Waals surface area contributed by atoms with Gasteiger partial charge in [0, 0.05) is 11.1 Å². The van der Waals surface area contributed by atoms with Crippen molar-refractivity contribution in [2.45, 2.75) is 38.6 Å². The standard InChI is InChI=1S/C19H24ClN/c1-19(2,3)17-11-6-5-10-16(17)18(21-4)13-14-8-7-9-15(20)12-14/h5-12,18,21H,13H2,1-4H3. The van der Waals surface area contributed by atoms with Crippen molar-refractivity contribution in [2.75, 3.05) is 7.05 Å². The second kappa shape index (κ2) is 6.64. The highest BCUT2D eigenvalue weighted by Gasteiger charge is 2.21. The lowest BCUT2D eigenvalue weighted by Gasteiger charge is -2.27. The third-order valence-corrected chi connectivity index (χ3v) is 4.06.